The second kappa shape index (κ2) is 5.66. The molecule has 0 radical (unpaired) electrons. The zero-order valence-electron chi connectivity index (χ0n) is 8.62. The minimum Gasteiger partial charge on any atom is -0.142 e. The van der Waals surface area contributed by atoms with Gasteiger partial charge in [0, 0.05) is 18.6 Å². The summed E-state index contributed by atoms with van der Waals surface area (Å²) in [4.78, 5) is 2.38. The molecule has 0 saturated heterocycles. The minimum atomic E-state index is 0.638. The number of benzene rings is 1. The fourth-order valence-corrected chi connectivity index (χ4v) is 2.97. The maximum atomic E-state index is 4.46. The van der Waals surface area contributed by atoms with Crippen LogP contribution in [0, 0.1) is 9.49 Å². The fourth-order valence-electron chi connectivity index (χ4n) is 0.919. The molecule has 0 fully saturated rings. The van der Waals surface area contributed by atoms with Gasteiger partial charge < -0.3 is 0 Å². The SMILES string of the molecule is CC(C)C(C)Sc1cc(I)ccc1S. The number of thioether (sulfide) groups is 1. The summed E-state index contributed by atoms with van der Waals surface area (Å²) in [7, 11) is 0. The molecule has 0 aromatic heterocycles. The first kappa shape index (κ1) is 12.7. The number of thiol groups is 1. The molecule has 1 atom stereocenters. The van der Waals surface area contributed by atoms with Crippen molar-refractivity contribution >= 4 is 47.0 Å². The first-order chi connectivity index (χ1) is 6.50. The molecule has 0 aliphatic heterocycles. The van der Waals surface area contributed by atoms with Crippen molar-refractivity contribution in [1.82, 2.24) is 0 Å². The van der Waals surface area contributed by atoms with E-state index in [1.54, 1.807) is 0 Å². The van der Waals surface area contributed by atoms with E-state index in [-0.39, 0.29) is 0 Å². The molecular weight excluding hydrogens is 323 g/mol. The van der Waals surface area contributed by atoms with Gasteiger partial charge >= 0.3 is 0 Å². The van der Waals surface area contributed by atoms with E-state index in [0.717, 1.165) is 4.90 Å². The molecule has 0 aliphatic carbocycles. The maximum absolute atomic E-state index is 4.46. The highest BCUT2D eigenvalue weighted by Gasteiger charge is 2.10. The largest absolute Gasteiger partial charge is 0.142 e. The van der Waals surface area contributed by atoms with Crippen LogP contribution in [0.4, 0.5) is 0 Å². The number of hydrogen-bond acceptors (Lipinski definition) is 2. The quantitative estimate of drug-likeness (QED) is 0.473. The lowest BCUT2D eigenvalue weighted by atomic mass is 10.2. The molecule has 1 aromatic rings. The van der Waals surface area contributed by atoms with Crippen molar-refractivity contribution in [3.63, 3.8) is 0 Å². The van der Waals surface area contributed by atoms with Gasteiger partial charge in [0.25, 0.3) is 0 Å². The van der Waals surface area contributed by atoms with Gasteiger partial charge in [0.1, 0.15) is 0 Å². The predicted octanol–water partition coefficient (Wildman–Crippen LogP) is 4.72. The van der Waals surface area contributed by atoms with Gasteiger partial charge in [-0.05, 0) is 46.7 Å². The molecule has 0 N–H and O–H groups in total. The van der Waals surface area contributed by atoms with Crippen LogP contribution in [0.5, 0.6) is 0 Å². The second-order valence-electron chi connectivity index (χ2n) is 3.68. The van der Waals surface area contributed by atoms with Crippen LogP contribution in [0.15, 0.2) is 28.0 Å². The van der Waals surface area contributed by atoms with Crippen LogP contribution in [-0.4, -0.2) is 5.25 Å². The van der Waals surface area contributed by atoms with Crippen molar-refractivity contribution in [3.8, 4) is 0 Å². The maximum Gasteiger partial charge on any atom is 0.0219 e. The van der Waals surface area contributed by atoms with Crippen LogP contribution < -0.4 is 0 Å². The summed E-state index contributed by atoms with van der Waals surface area (Å²) < 4.78 is 1.28. The lowest BCUT2D eigenvalue weighted by molar-refractivity contribution is 0.642. The van der Waals surface area contributed by atoms with E-state index in [0.29, 0.717) is 11.2 Å². The van der Waals surface area contributed by atoms with Gasteiger partial charge in [0.2, 0.25) is 0 Å². The van der Waals surface area contributed by atoms with Gasteiger partial charge in [-0.1, -0.05) is 20.8 Å². The summed E-state index contributed by atoms with van der Waals surface area (Å²) in [5.41, 5.74) is 0. The first-order valence-corrected chi connectivity index (χ1v) is 7.06. The Kier molecular flexibility index (Phi) is 5.14. The van der Waals surface area contributed by atoms with Gasteiger partial charge in [-0.25, -0.2) is 0 Å². The average Bonchev–Trinajstić information content (AvgIpc) is 2.11. The molecule has 1 unspecified atom stereocenters. The topological polar surface area (TPSA) is 0 Å². The van der Waals surface area contributed by atoms with Crippen LogP contribution in [0.1, 0.15) is 20.8 Å². The highest BCUT2D eigenvalue weighted by Crippen LogP contribution is 2.33. The summed E-state index contributed by atoms with van der Waals surface area (Å²) in [6.45, 7) is 6.77. The molecule has 1 aromatic carbocycles. The molecule has 0 spiro atoms. The Morgan fingerprint density at radius 2 is 1.93 bits per heavy atom. The van der Waals surface area contributed by atoms with Crippen LogP contribution in [0.25, 0.3) is 0 Å². The van der Waals surface area contributed by atoms with Crippen molar-refractivity contribution in [2.45, 2.75) is 35.8 Å². The molecule has 78 valence electrons. The molecule has 0 saturated carbocycles. The van der Waals surface area contributed by atoms with Crippen LogP contribution >= 0.6 is 47.0 Å². The lowest BCUT2D eigenvalue weighted by Crippen LogP contribution is -2.05. The number of rotatable bonds is 3. The van der Waals surface area contributed by atoms with E-state index in [9.17, 15) is 0 Å². The van der Waals surface area contributed by atoms with Crippen molar-refractivity contribution in [1.29, 1.82) is 0 Å². The third kappa shape index (κ3) is 3.66. The van der Waals surface area contributed by atoms with Gasteiger partial charge in [-0.3, -0.25) is 0 Å². The van der Waals surface area contributed by atoms with Gasteiger partial charge in [0.15, 0.2) is 0 Å². The van der Waals surface area contributed by atoms with Crippen molar-refractivity contribution < 1.29 is 0 Å². The summed E-state index contributed by atoms with van der Waals surface area (Å²) in [6.07, 6.45) is 0. The molecule has 0 nitrogen and oxygen atoms in total. The molecule has 0 aliphatic rings. The van der Waals surface area contributed by atoms with Gasteiger partial charge in [0.05, 0.1) is 0 Å². The van der Waals surface area contributed by atoms with Crippen LogP contribution in [-0.2, 0) is 0 Å². The molecule has 3 heteroatoms. The lowest BCUT2D eigenvalue weighted by Gasteiger charge is -2.16. The predicted molar refractivity (Wildman–Crippen MR) is 76.6 cm³/mol. The van der Waals surface area contributed by atoms with E-state index in [1.165, 1.54) is 8.47 Å². The van der Waals surface area contributed by atoms with E-state index in [2.05, 4.69) is 74.2 Å². The summed E-state index contributed by atoms with van der Waals surface area (Å²) >= 11 is 8.71. The Labute approximate surface area is 110 Å². The average molecular weight is 338 g/mol. The Hall–Kier alpha value is 0.650. The highest BCUT2D eigenvalue weighted by molar-refractivity contribution is 14.1. The van der Waals surface area contributed by atoms with E-state index < -0.39 is 0 Å². The summed E-state index contributed by atoms with van der Waals surface area (Å²) in [6, 6.07) is 6.36. The smallest absolute Gasteiger partial charge is 0.0219 e. The summed E-state index contributed by atoms with van der Waals surface area (Å²) in [5, 5.41) is 0.638. The molecule has 0 heterocycles. The normalized spacial score (nSPS) is 13.3. The Bertz CT molecular complexity index is 310. The third-order valence-electron chi connectivity index (χ3n) is 2.17. The molecule has 14 heavy (non-hydrogen) atoms. The zero-order valence-corrected chi connectivity index (χ0v) is 12.5. The van der Waals surface area contributed by atoms with Crippen molar-refractivity contribution in [3.05, 3.63) is 21.8 Å². The van der Waals surface area contributed by atoms with Crippen molar-refractivity contribution in [2.24, 2.45) is 5.92 Å². The Morgan fingerprint density at radius 3 is 2.50 bits per heavy atom. The van der Waals surface area contributed by atoms with E-state index in [4.69, 9.17) is 0 Å². The van der Waals surface area contributed by atoms with Gasteiger partial charge in [-0.2, -0.15) is 0 Å². The number of halogens is 1. The standard InChI is InChI=1S/C11H15IS2/c1-7(2)8(3)14-11-6-9(12)4-5-10(11)13/h4-8,13H,1-3H3. The van der Waals surface area contributed by atoms with Crippen LogP contribution in [0.2, 0.25) is 0 Å². The Morgan fingerprint density at radius 1 is 1.29 bits per heavy atom. The van der Waals surface area contributed by atoms with E-state index >= 15 is 0 Å². The molecule has 1 rings (SSSR count). The monoisotopic (exact) mass is 338 g/mol. The zero-order chi connectivity index (χ0) is 10.7. The Balaban J connectivity index is 2.80. The highest BCUT2D eigenvalue weighted by atomic mass is 127. The summed E-state index contributed by atoms with van der Waals surface area (Å²) in [5.74, 6) is 0.700. The molecular formula is C11H15IS2. The van der Waals surface area contributed by atoms with E-state index in [1.807, 2.05) is 11.8 Å². The second-order valence-corrected chi connectivity index (χ2v) is 6.83. The first-order valence-electron chi connectivity index (χ1n) is 4.66. The molecule has 0 bridgehead atoms. The molecule has 0 amide bonds. The van der Waals surface area contributed by atoms with Gasteiger partial charge in [-0.15, -0.1) is 24.4 Å². The van der Waals surface area contributed by atoms with Crippen LogP contribution in [0.3, 0.4) is 0 Å². The third-order valence-corrected chi connectivity index (χ3v) is 4.89. The fraction of sp³-hybridized carbons (Fsp3) is 0.455. The number of hydrogen-bond donors (Lipinski definition) is 1. The minimum absolute atomic E-state index is 0.638. The van der Waals surface area contributed by atoms with Crippen molar-refractivity contribution in [2.75, 3.05) is 0 Å².